The number of hydrogen-bond donors (Lipinski definition) is 0. The second-order valence-electron chi connectivity index (χ2n) is 6.67. The molecule has 1 unspecified atom stereocenters. The van der Waals surface area contributed by atoms with Crippen LogP contribution in [0.2, 0.25) is 0 Å². The van der Waals surface area contributed by atoms with Crippen molar-refractivity contribution in [1.29, 1.82) is 0 Å². The van der Waals surface area contributed by atoms with Crippen LogP contribution in [0.15, 0.2) is 42.5 Å². The Labute approximate surface area is 162 Å². The van der Waals surface area contributed by atoms with Crippen molar-refractivity contribution in [3.05, 3.63) is 59.7 Å². The highest BCUT2D eigenvalue weighted by Crippen LogP contribution is 2.33. The molecular weight excluding hydrogens is 363 g/mol. The van der Waals surface area contributed by atoms with E-state index in [1.165, 1.54) is 12.1 Å². The molecule has 0 bridgehead atoms. The van der Waals surface area contributed by atoms with Gasteiger partial charge in [-0.2, -0.15) is 0 Å². The van der Waals surface area contributed by atoms with E-state index < -0.39 is 0 Å². The van der Waals surface area contributed by atoms with Gasteiger partial charge in [0.25, 0.3) is 0 Å². The molecule has 1 aromatic heterocycles. The molecule has 28 heavy (non-hydrogen) atoms. The van der Waals surface area contributed by atoms with E-state index >= 15 is 0 Å². The van der Waals surface area contributed by atoms with Gasteiger partial charge in [0.15, 0.2) is 23.4 Å². The van der Waals surface area contributed by atoms with Crippen LogP contribution >= 0.6 is 0 Å². The molecule has 1 atom stereocenters. The smallest absolute Gasteiger partial charge is 0.231 e. The van der Waals surface area contributed by atoms with Gasteiger partial charge in [0.05, 0.1) is 0 Å². The molecule has 3 aromatic rings. The number of rotatable bonds is 6. The maximum absolute atomic E-state index is 13.1. The maximum Gasteiger partial charge on any atom is 0.231 e. The Hall–Kier alpha value is -3.29. The number of anilines is 1. The highest BCUT2D eigenvalue weighted by atomic mass is 19.1. The molecule has 0 spiro atoms. The van der Waals surface area contributed by atoms with E-state index in [-0.39, 0.29) is 18.7 Å². The molecule has 0 amide bonds. The second-order valence-corrected chi connectivity index (χ2v) is 6.67. The zero-order chi connectivity index (χ0) is 19.7. The van der Waals surface area contributed by atoms with Crippen molar-refractivity contribution < 1.29 is 18.6 Å². The molecule has 1 aliphatic rings. The summed E-state index contributed by atoms with van der Waals surface area (Å²) < 4.78 is 31.6. The van der Waals surface area contributed by atoms with E-state index in [0.717, 1.165) is 17.1 Å². The minimum Gasteiger partial charge on any atom is -0.483 e. The van der Waals surface area contributed by atoms with Crippen LogP contribution in [0.4, 0.5) is 10.3 Å². The third-order valence-corrected chi connectivity index (χ3v) is 4.57. The normalized spacial score (nSPS) is 13.4. The van der Waals surface area contributed by atoms with Crippen LogP contribution in [0.3, 0.4) is 0 Å². The maximum atomic E-state index is 13.1. The summed E-state index contributed by atoms with van der Waals surface area (Å²) >= 11 is 0. The van der Waals surface area contributed by atoms with E-state index in [4.69, 9.17) is 14.2 Å². The van der Waals surface area contributed by atoms with Crippen molar-refractivity contribution in [2.75, 3.05) is 18.7 Å². The van der Waals surface area contributed by atoms with Crippen molar-refractivity contribution in [2.24, 2.45) is 7.05 Å². The molecule has 0 radical (unpaired) electrons. The van der Waals surface area contributed by atoms with Gasteiger partial charge in [0.1, 0.15) is 11.6 Å². The van der Waals surface area contributed by atoms with E-state index in [9.17, 15) is 4.39 Å². The number of halogens is 1. The first-order valence-electron chi connectivity index (χ1n) is 8.92. The summed E-state index contributed by atoms with van der Waals surface area (Å²) in [6, 6.07) is 11.8. The molecule has 0 aliphatic carbocycles. The van der Waals surface area contributed by atoms with Crippen LogP contribution in [0, 0.1) is 5.82 Å². The summed E-state index contributed by atoms with van der Waals surface area (Å²) in [6.45, 7) is 2.78. The predicted octanol–water partition coefficient (Wildman–Crippen LogP) is 3.46. The first-order chi connectivity index (χ1) is 13.5. The van der Waals surface area contributed by atoms with E-state index in [0.29, 0.717) is 24.1 Å². The average molecular weight is 384 g/mol. The van der Waals surface area contributed by atoms with Crippen molar-refractivity contribution in [2.45, 2.75) is 19.6 Å². The monoisotopic (exact) mass is 384 g/mol. The molecule has 0 N–H and O–H groups in total. The number of nitrogens with zero attached hydrogens (tertiary/aromatic N) is 4. The number of benzene rings is 2. The summed E-state index contributed by atoms with van der Waals surface area (Å²) in [5.74, 6) is 3.18. The molecule has 0 fully saturated rings. The van der Waals surface area contributed by atoms with Gasteiger partial charge in [-0.15, -0.1) is 10.2 Å². The van der Waals surface area contributed by atoms with Gasteiger partial charge in [-0.25, -0.2) is 4.39 Å². The third kappa shape index (κ3) is 3.58. The lowest BCUT2D eigenvalue weighted by Crippen LogP contribution is -2.21. The molecular formula is C20H21FN4O3. The standard InChI is InChI=1S/C20H21FN4O3/c1-13(28-16-7-5-15(21)6-8-16)19-22-23-20(25(19)3)24(2)11-14-4-9-17-18(10-14)27-12-26-17/h4-10,13H,11-12H2,1-3H3. The van der Waals surface area contributed by atoms with Gasteiger partial charge in [0, 0.05) is 20.6 Å². The van der Waals surface area contributed by atoms with Gasteiger partial charge in [-0.3, -0.25) is 4.57 Å². The van der Waals surface area contributed by atoms with Crippen LogP contribution in [-0.4, -0.2) is 28.6 Å². The zero-order valence-electron chi connectivity index (χ0n) is 15.9. The fraction of sp³-hybridized carbons (Fsp3) is 0.300. The fourth-order valence-corrected chi connectivity index (χ4v) is 3.17. The number of fused-ring (bicyclic) bond motifs is 1. The van der Waals surface area contributed by atoms with Crippen LogP contribution < -0.4 is 19.1 Å². The van der Waals surface area contributed by atoms with Crippen molar-refractivity contribution in [1.82, 2.24) is 14.8 Å². The Kier molecular flexibility index (Phi) is 4.77. The topological polar surface area (TPSA) is 61.6 Å². The van der Waals surface area contributed by atoms with Gasteiger partial charge < -0.3 is 19.1 Å². The fourth-order valence-electron chi connectivity index (χ4n) is 3.17. The highest BCUT2D eigenvalue weighted by molar-refractivity contribution is 5.45. The van der Waals surface area contributed by atoms with Crippen molar-refractivity contribution in [3.63, 3.8) is 0 Å². The number of aromatic nitrogens is 3. The summed E-state index contributed by atoms with van der Waals surface area (Å²) in [5.41, 5.74) is 1.08. The summed E-state index contributed by atoms with van der Waals surface area (Å²) in [4.78, 5) is 2.00. The molecule has 8 heteroatoms. The number of hydrogen-bond acceptors (Lipinski definition) is 6. The molecule has 2 heterocycles. The number of ether oxygens (including phenoxy) is 3. The minimum absolute atomic E-state index is 0.257. The minimum atomic E-state index is -0.337. The van der Waals surface area contributed by atoms with Gasteiger partial charge >= 0.3 is 0 Å². The molecule has 7 nitrogen and oxygen atoms in total. The average Bonchev–Trinajstić information content (AvgIpc) is 3.29. The lowest BCUT2D eigenvalue weighted by atomic mass is 10.2. The SMILES string of the molecule is CC(Oc1ccc(F)cc1)c1nnc(N(C)Cc2ccc3c(c2)OCO3)n1C. The lowest BCUT2D eigenvalue weighted by molar-refractivity contribution is 0.174. The Morgan fingerprint density at radius 1 is 1.14 bits per heavy atom. The molecule has 1 aliphatic heterocycles. The Morgan fingerprint density at radius 3 is 2.68 bits per heavy atom. The summed E-state index contributed by atoms with van der Waals surface area (Å²) in [6.07, 6.45) is -0.337. The first kappa shape index (κ1) is 18.1. The van der Waals surface area contributed by atoms with Crippen molar-refractivity contribution in [3.8, 4) is 17.2 Å². The molecule has 2 aromatic carbocycles. The highest BCUT2D eigenvalue weighted by Gasteiger charge is 2.20. The first-order valence-corrected chi connectivity index (χ1v) is 8.92. The molecule has 0 saturated heterocycles. The lowest BCUT2D eigenvalue weighted by Gasteiger charge is -2.19. The summed E-state index contributed by atoms with van der Waals surface area (Å²) in [5, 5.41) is 8.58. The van der Waals surface area contributed by atoms with Gasteiger partial charge in [0.2, 0.25) is 12.7 Å². The van der Waals surface area contributed by atoms with Crippen LogP contribution in [0.25, 0.3) is 0 Å². The Morgan fingerprint density at radius 2 is 1.89 bits per heavy atom. The summed E-state index contributed by atoms with van der Waals surface area (Å²) in [7, 11) is 3.84. The van der Waals surface area contributed by atoms with E-state index in [2.05, 4.69) is 10.2 Å². The van der Waals surface area contributed by atoms with Crippen LogP contribution in [0.5, 0.6) is 17.2 Å². The van der Waals surface area contributed by atoms with Crippen LogP contribution in [-0.2, 0) is 13.6 Å². The largest absolute Gasteiger partial charge is 0.483 e. The molecule has 146 valence electrons. The second kappa shape index (κ2) is 7.38. The Bertz CT molecular complexity index is 974. The molecule has 4 rings (SSSR count). The van der Waals surface area contributed by atoms with E-state index in [1.54, 1.807) is 12.1 Å². The Balaban J connectivity index is 1.47. The van der Waals surface area contributed by atoms with Crippen molar-refractivity contribution >= 4 is 5.95 Å². The third-order valence-electron chi connectivity index (χ3n) is 4.57. The van der Waals surface area contributed by atoms with Crippen LogP contribution in [0.1, 0.15) is 24.4 Å². The van der Waals surface area contributed by atoms with E-state index in [1.807, 2.05) is 48.7 Å². The molecule has 0 saturated carbocycles. The van der Waals surface area contributed by atoms with Gasteiger partial charge in [-0.1, -0.05) is 6.07 Å². The zero-order valence-corrected chi connectivity index (χ0v) is 15.9. The van der Waals surface area contributed by atoms with Gasteiger partial charge in [-0.05, 0) is 48.9 Å². The predicted molar refractivity (Wildman–Crippen MR) is 101 cm³/mol. The quantitative estimate of drug-likeness (QED) is 0.649.